The number of halogens is 1. The number of nitrogens with one attached hydrogen (secondary N) is 1. The Morgan fingerprint density at radius 1 is 0.895 bits per heavy atom. The molecule has 1 aromatic heterocycles. The maximum atomic E-state index is 13.8. The maximum Gasteiger partial charge on any atom is 0.263 e. The molecule has 1 atom stereocenters. The van der Waals surface area contributed by atoms with E-state index in [4.69, 9.17) is 16.3 Å². The summed E-state index contributed by atoms with van der Waals surface area (Å²) in [6.07, 6.45) is 1.39. The number of aromatic nitrogens is 1. The number of nitriles is 1. The van der Waals surface area contributed by atoms with Crippen molar-refractivity contribution in [1.82, 2.24) is 25.0 Å². The summed E-state index contributed by atoms with van der Waals surface area (Å²) < 4.78 is 6.46. The quantitative estimate of drug-likeness (QED) is 0.286. The molecule has 290 valence electrons. The molecule has 2 aromatic carbocycles. The van der Waals surface area contributed by atoms with Crippen molar-refractivity contribution >= 4 is 47.0 Å². The number of pyridine rings is 1. The smallest absolute Gasteiger partial charge is 0.263 e. The Bertz CT molecular complexity index is 2400. The lowest BCUT2D eigenvalue weighted by atomic mass is 9.49. The fraction of sp³-hybridized carbons (Fsp3) is 0.419. The lowest BCUT2D eigenvalue weighted by Crippen LogP contribution is -2.74. The maximum absolute atomic E-state index is 13.8. The summed E-state index contributed by atoms with van der Waals surface area (Å²) in [5.74, 6) is 6.07. The van der Waals surface area contributed by atoms with Crippen molar-refractivity contribution < 1.29 is 28.7 Å². The van der Waals surface area contributed by atoms with Crippen molar-refractivity contribution in [3.63, 3.8) is 0 Å². The topological polar surface area (TPSA) is 156 Å². The number of benzene rings is 2. The molecule has 0 spiro atoms. The first kappa shape index (κ1) is 36.9. The van der Waals surface area contributed by atoms with Gasteiger partial charge in [-0.1, -0.05) is 51.1 Å². The summed E-state index contributed by atoms with van der Waals surface area (Å²) in [4.78, 5) is 75.9. The highest BCUT2D eigenvalue weighted by Crippen LogP contribution is 2.59. The lowest BCUT2D eigenvalue weighted by Gasteiger charge is -2.65. The molecular formula is C43H40ClN7O6. The number of likely N-dealkylation sites (tertiary alicyclic amines) is 1. The first-order valence-electron chi connectivity index (χ1n) is 19.2. The van der Waals surface area contributed by atoms with Crippen molar-refractivity contribution in [1.29, 1.82) is 5.26 Å². The highest BCUT2D eigenvalue weighted by atomic mass is 35.5. The Morgan fingerprint density at radius 2 is 1.63 bits per heavy atom. The van der Waals surface area contributed by atoms with Crippen LogP contribution >= 0.6 is 11.6 Å². The molecule has 5 amide bonds. The number of hydrogen-bond donors (Lipinski definition) is 1. The van der Waals surface area contributed by atoms with E-state index in [0.717, 1.165) is 42.2 Å². The Labute approximate surface area is 334 Å². The van der Waals surface area contributed by atoms with Crippen LogP contribution in [0.1, 0.15) is 88.3 Å². The molecule has 6 heterocycles. The van der Waals surface area contributed by atoms with Crippen LogP contribution in [0.15, 0.2) is 48.7 Å². The minimum absolute atomic E-state index is 0.0177. The standard InChI is InChI=1S/C43H40ClN7O6/c1-42(2)40(43(3,4)41(42)57-28-9-8-25(16-45)32(44)14-28)50-20-26-13-23(7-10-29(26)37(50)54)5-6-24-18-48(19-24)27-21-49(22-27)34-15-30-31(17-46-34)39(56)51(38(30)55)33-11-12-35(52)47-36(33)53/h7-10,13-15,17,24,27,33,40-41H,11-12,18-22H2,1-4H3,(H,47,52,53)/t33?,40-,41-. The van der Waals surface area contributed by atoms with Gasteiger partial charge < -0.3 is 14.5 Å². The van der Waals surface area contributed by atoms with E-state index in [-0.39, 0.29) is 58.8 Å². The summed E-state index contributed by atoms with van der Waals surface area (Å²) in [5, 5.41) is 11.8. The van der Waals surface area contributed by atoms with Gasteiger partial charge in [-0.2, -0.15) is 5.26 Å². The first-order valence-corrected chi connectivity index (χ1v) is 19.6. The third kappa shape index (κ3) is 5.86. The number of hydrogen-bond acceptors (Lipinski definition) is 10. The van der Waals surface area contributed by atoms with Crippen LogP contribution in [0.25, 0.3) is 0 Å². The number of amides is 5. The van der Waals surface area contributed by atoms with Gasteiger partial charge in [0, 0.05) is 91.4 Å². The van der Waals surface area contributed by atoms with E-state index in [1.807, 2.05) is 23.1 Å². The van der Waals surface area contributed by atoms with Gasteiger partial charge in [-0.25, -0.2) is 4.98 Å². The van der Waals surface area contributed by atoms with Gasteiger partial charge in [-0.05, 0) is 48.4 Å². The zero-order chi connectivity index (χ0) is 40.1. The summed E-state index contributed by atoms with van der Waals surface area (Å²) >= 11 is 6.28. The average Bonchev–Trinajstić information content (AvgIpc) is 3.57. The van der Waals surface area contributed by atoms with Crippen LogP contribution in [0.5, 0.6) is 5.75 Å². The van der Waals surface area contributed by atoms with E-state index < -0.39 is 29.7 Å². The van der Waals surface area contributed by atoms with E-state index in [1.165, 1.54) is 6.20 Å². The van der Waals surface area contributed by atoms with E-state index in [9.17, 15) is 29.2 Å². The molecule has 3 saturated heterocycles. The van der Waals surface area contributed by atoms with Crippen LogP contribution < -0.4 is 15.0 Å². The minimum atomic E-state index is -1.01. The van der Waals surface area contributed by atoms with Crippen molar-refractivity contribution in [2.75, 3.05) is 31.1 Å². The van der Waals surface area contributed by atoms with Crippen molar-refractivity contribution in [2.45, 2.75) is 71.3 Å². The third-order valence-electron chi connectivity index (χ3n) is 12.7. The van der Waals surface area contributed by atoms with Gasteiger partial charge in [0.1, 0.15) is 29.8 Å². The fourth-order valence-electron chi connectivity index (χ4n) is 10.1. The van der Waals surface area contributed by atoms with Crippen molar-refractivity contribution in [3.05, 3.63) is 87.1 Å². The molecule has 4 fully saturated rings. The number of ether oxygens (including phenoxy) is 1. The van der Waals surface area contributed by atoms with Crippen LogP contribution in [-0.4, -0.2) is 99.6 Å². The second-order valence-corrected chi connectivity index (χ2v) is 17.5. The summed E-state index contributed by atoms with van der Waals surface area (Å²) in [6, 6.07) is 13.9. The molecule has 14 heteroatoms. The Morgan fingerprint density at radius 3 is 2.33 bits per heavy atom. The number of carbonyl (C=O) groups excluding carboxylic acids is 5. The van der Waals surface area contributed by atoms with Crippen LogP contribution in [0.2, 0.25) is 5.02 Å². The molecule has 0 bridgehead atoms. The molecule has 0 radical (unpaired) electrons. The lowest BCUT2D eigenvalue weighted by molar-refractivity contribution is -0.199. The molecule has 1 N–H and O–H groups in total. The molecule has 57 heavy (non-hydrogen) atoms. The van der Waals surface area contributed by atoms with Gasteiger partial charge in [0.05, 0.1) is 21.7 Å². The second kappa shape index (κ2) is 13.2. The Kier molecular flexibility index (Phi) is 8.50. The van der Waals surface area contributed by atoms with Gasteiger partial charge in [0.2, 0.25) is 11.8 Å². The summed E-state index contributed by atoms with van der Waals surface area (Å²) in [5.41, 5.74) is 2.65. The normalized spacial score (nSPS) is 25.1. The molecule has 1 unspecified atom stereocenters. The number of carbonyl (C=O) groups is 5. The van der Waals surface area contributed by atoms with Gasteiger partial charge in [0.15, 0.2) is 0 Å². The number of imide groups is 2. The van der Waals surface area contributed by atoms with Crippen molar-refractivity contribution in [2.24, 2.45) is 16.7 Å². The van der Waals surface area contributed by atoms with Crippen molar-refractivity contribution in [3.8, 4) is 23.7 Å². The molecule has 6 aliphatic rings. The number of piperidine rings is 1. The van der Waals surface area contributed by atoms with Gasteiger partial charge >= 0.3 is 0 Å². The van der Waals surface area contributed by atoms with Crippen LogP contribution in [0.3, 0.4) is 0 Å². The minimum Gasteiger partial charge on any atom is -0.489 e. The predicted octanol–water partition coefficient (Wildman–Crippen LogP) is 4.02. The molecule has 13 nitrogen and oxygen atoms in total. The molecular weight excluding hydrogens is 746 g/mol. The number of rotatable bonds is 6. The fourth-order valence-corrected chi connectivity index (χ4v) is 10.3. The number of fused-ring (bicyclic) bond motifs is 2. The second-order valence-electron chi connectivity index (χ2n) is 17.1. The average molecular weight is 786 g/mol. The van der Waals surface area contributed by atoms with E-state index in [1.54, 1.807) is 24.3 Å². The molecule has 9 rings (SSSR count). The zero-order valence-corrected chi connectivity index (χ0v) is 32.7. The predicted molar refractivity (Wildman–Crippen MR) is 207 cm³/mol. The molecule has 1 saturated carbocycles. The highest BCUT2D eigenvalue weighted by molar-refractivity contribution is 6.31. The third-order valence-corrected chi connectivity index (χ3v) is 13.0. The Hall–Kier alpha value is -5.76. The van der Waals surface area contributed by atoms with Crippen LogP contribution in [0.4, 0.5) is 5.82 Å². The SMILES string of the molecule is CC1(C)[C@H](Oc2ccc(C#N)c(Cl)c2)C(C)(C)[C@H]1N1Cc2cc(C#CC3CN(C4CN(c5cc6c(cn5)C(=O)N(C5CCC(=O)NC5=O)C6=O)C4)C3)ccc2C1=O. The first-order chi connectivity index (χ1) is 27.1. The molecule has 1 aliphatic carbocycles. The van der Waals surface area contributed by atoms with Crippen LogP contribution in [-0.2, 0) is 16.1 Å². The summed E-state index contributed by atoms with van der Waals surface area (Å²) in [6.45, 7) is 12.2. The van der Waals surface area contributed by atoms with E-state index in [2.05, 4.69) is 65.7 Å². The molecule has 5 aliphatic heterocycles. The Balaban J connectivity index is 0.783. The summed E-state index contributed by atoms with van der Waals surface area (Å²) in [7, 11) is 0. The van der Waals surface area contributed by atoms with E-state index >= 15 is 0 Å². The van der Waals surface area contributed by atoms with Gasteiger partial charge in [-0.3, -0.25) is 39.1 Å². The molecule has 3 aromatic rings. The van der Waals surface area contributed by atoms with Gasteiger partial charge in [-0.15, -0.1) is 0 Å². The highest BCUT2D eigenvalue weighted by Gasteiger charge is 2.67. The monoisotopic (exact) mass is 785 g/mol. The number of nitrogens with zero attached hydrogens (tertiary/aromatic N) is 6. The van der Waals surface area contributed by atoms with Gasteiger partial charge in [0.25, 0.3) is 17.7 Å². The largest absolute Gasteiger partial charge is 0.489 e. The zero-order valence-electron chi connectivity index (χ0n) is 32.0. The van der Waals surface area contributed by atoms with Crippen LogP contribution in [0, 0.1) is 39.9 Å². The number of anilines is 1. The van der Waals surface area contributed by atoms with E-state index in [0.29, 0.717) is 40.3 Å².